The van der Waals surface area contributed by atoms with E-state index in [0.717, 1.165) is 48.0 Å². The molecule has 8 nitrogen and oxygen atoms in total. The molecule has 1 N–H and O–H groups in total. The summed E-state index contributed by atoms with van der Waals surface area (Å²) < 4.78 is 31.2. The first-order chi connectivity index (χ1) is 14.7. The number of likely N-dealkylation sites (N-methyl/N-ethyl adjacent to an activating group) is 1. The van der Waals surface area contributed by atoms with Crippen molar-refractivity contribution in [1.82, 2.24) is 4.90 Å². The lowest BCUT2D eigenvalue weighted by atomic mass is 10.2. The Bertz CT molecular complexity index is 1020. The van der Waals surface area contributed by atoms with Gasteiger partial charge >= 0.3 is 0 Å². The number of amides is 1. The number of hydrogen-bond donors (Lipinski definition) is 1. The highest BCUT2D eigenvalue weighted by molar-refractivity contribution is 7.92. The molecule has 0 unspecified atom stereocenters. The largest absolute Gasteiger partial charge is 0.495 e. The molecule has 2 aromatic rings. The lowest BCUT2D eigenvalue weighted by molar-refractivity contribution is -0.114. The van der Waals surface area contributed by atoms with Gasteiger partial charge < -0.3 is 19.9 Å². The molecule has 0 atom stereocenters. The van der Waals surface area contributed by atoms with E-state index in [1.54, 1.807) is 12.1 Å². The van der Waals surface area contributed by atoms with Crippen molar-refractivity contribution < 1.29 is 17.9 Å². The van der Waals surface area contributed by atoms with Gasteiger partial charge in [-0.2, -0.15) is 0 Å². The fourth-order valence-corrected chi connectivity index (χ4v) is 4.38. The number of benzene rings is 2. The molecule has 1 amide bonds. The first kappa shape index (κ1) is 22.9. The number of ether oxygens (including phenoxy) is 1. The van der Waals surface area contributed by atoms with Crippen LogP contribution in [0.25, 0.3) is 0 Å². The first-order valence-corrected chi connectivity index (χ1v) is 12.0. The molecule has 0 bridgehead atoms. The average molecular weight is 447 g/mol. The van der Waals surface area contributed by atoms with Gasteiger partial charge in [0.15, 0.2) is 0 Å². The van der Waals surface area contributed by atoms with Crippen LogP contribution in [0.2, 0.25) is 0 Å². The molecule has 1 fully saturated rings. The van der Waals surface area contributed by atoms with Crippen molar-refractivity contribution in [3.63, 3.8) is 0 Å². The number of anilines is 3. The molecule has 1 saturated heterocycles. The molecule has 0 aromatic heterocycles. The van der Waals surface area contributed by atoms with Crippen LogP contribution in [0.5, 0.6) is 5.75 Å². The molecule has 9 heteroatoms. The number of methoxy groups -OCH3 is 1. The van der Waals surface area contributed by atoms with Crippen LogP contribution in [-0.4, -0.2) is 72.4 Å². The highest BCUT2D eigenvalue weighted by Crippen LogP contribution is 2.31. The van der Waals surface area contributed by atoms with Crippen molar-refractivity contribution in [2.24, 2.45) is 0 Å². The second-order valence-corrected chi connectivity index (χ2v) is 9.74. The van der Waals surface area contributed by atoms with Gasteiger partial charge in [-0.3, -0.25) is 9.10 Å². The van der Waals surface area contributed by atoms with Gasteiger partial charge in [-0.1, -0.05) is 6.07 Å². The number of carbonyl (C=O) groups is 1. The van der Waals surface area contributed by atoms with Crippen LogP contribution >= 0.6 is 0 Å². The van der Waals surface area contributed by atoms with E-state index in [0.29, 0.717) is 17.1 Å². The van der Waals surface area contributed by atoms with Gasteiger partial charge in [0.1, 0.15) is 12.3 Å². The molecule has 31 heavy (non-hydrogen) atoms. The third kappa shape index (κ3) is 5.89. The van der Waals surface area contributed by atoms with Crippen LogP contribution in [0.3, 0.4) is 0 Å². The topological polar surface area (TPSA) is 82.2 Å². The van der Waals surface area contributed by atoms with Crippen molar-refractivity contribution in [1.29, 1.82) is 0 Å². The molecular weight excluding hydrogens is 416 g/mol. The number of hydrogen-bond acceptors (Lipinski definition) is 6. The van der Waals surface area contributed by atoms with Gasteiger partial charge in [0.2, 0.25) is 15.9 Å². The van der Waals surface area contributed by atoms with Gasteiger partial charge in [0.05, 0.1) is 19.1 Å². The fourth-order valence-electron chi connectivity index (χ4n) is 3.53. The van der Waals surface area contributed by atoms with Crippen molar-refractivity contribution in [2.45, 2.75) is 6.92 Å². The predicted octanol–water partition coefficient (Wildman–Crippen LogP) is 2.16. The van der Waals surface area contributed by atoms with Crippen LogP contribution in [0.15, 0.2) is 42.5 Å². The van der Waals surface area contributed by atoms with Gasteiger partial charge in [-0.05, 0) is 55.9 Å². The number of sulfonamides is 1. The SMILES string of the molecule is COc1ccc(C)cc1N(CC(=O)Nc1ccc(N2CCN(C)CC2)cc1)S(C)(=O)=O. The van der Waals surface area contributed by atoms with Crippen molar-refractivity contribution >= 4 is 33.0 Å². The maximum Gasteiger partial charge on any atom is 0.245 e. The maximum absolute atomic E-state index is 12.7. The Balaban J connectivity index is 1.71. The normalized spacial score (nSPS) is 14.9. The second kappa shape index (κ2) is 9.57. The minimum absolute atomic E-state index is 0.338. The molecule has 0 radical (unpaired) electrons. The number of nitrogens with one attached hydrogen (secondary N) is 1. The number of aryl methyl sites for hydroxylation is 1. The second-order valence-electron chi connectivity index (χ2n) is 7.83. The van der Waals surface area contributed by atoms with Crippen LogP contribution in [0.1, 0.15) is 5.56 Å². The first-order valence-electron chi connectivity index (χ1n) is 10.1. The molecule has 168 valence electrons. The number of carbonyl (C=O) groups excluding carboxylic acids is 1. The molecule has 1 heterocycles. The summed E-state index contributed by atoms with van der Waals surface area (Å²) in [6.45, 7) is 5.46. The Labute approximate surface area is 184 Å². The van der Waals surface area contributed by atoms with E-state index in [4.69, 9.17) is 4.74 Å². The summed E-state index contributed by atoms with van der Waals surface area (Å²) in [6, 6.07) is 12.8. The zero-order valence-corrected chi connectivity index (χ0v) is 19.3. The average Bonchev–Trinajstić information content (AvgIpc) is 2.72. The Morgan fingerprint density at radius 3 is 2.32 bits per heavy atom. The summed E-state index contributed by atoms with van der Waals surface area (Å²) in [7, 11) is -0.116. The lowest BCUT2D eigenvalue weighted by Gasteiger charge is -2.34. The molecule has 0 spiro atoms. The van der Waals surface area contributed by atoms with Crippen LogP contribution in [0.4, 0.5) is 17.1 Å². The minimum atomic E-state index is -3.70. The highest BCUT2D eigenvalue weighted by Gasteiger charge is 2.24. The Morgan fingerprint density at radius 1 is 1.10 bits per heavy atom. The van der Waals surface area contributed by atoms with Gasteiger partial charge in [-0.15, -0.1) is 0 Å². The lowest BCUT2D eigenvalue weighted by Crippen LogP contribution is -2.44. The summed E-state index contributed by atoms with van der Waals surface area (Å²) in [4.78, 5) is 17.3. The summed E-state index contributed by atoms with van der Waals surface area (Å²) in [6.07, 6.45) is 1.08. The third-order valence-corrected chi connectivity index (χ3v) is 6.44. The van der Waals surface area contributed by atoms with Crippen LogP contribution in [-0.2, 0) is 14.8 Å². The number of piperazine rings is 1. The summed E-state index contributed by atoms with van der Waals surface area (Å²) in [5.41, 5.74) is 2.93. The van der Waals surface area contributed by atoms with E-state index in [1.807, 2.05) is 37.3 Å². The molecule has 1 aliphatic rings. The number of nitrogens with zero attached hydrogens (tertiary/aromatic N) is 3. The molecule has 3 rings (SSSR count). The third-order valence-electron chi connectivity index (χ3n) is 5.31. The molecular formula is C22H30N4O4S. The van der Waals surface area contributed by atoms with E-state index < -0.39 is 15.9 Å². The maximum atomic E-state index is 12.7. The Kier molecular flexibility index (Phi) is 7.07. The van der Waals surface area contributed by atoms with Crippen molar-refractivity contribution in [2.75, 3.05) is 67.7 Å². The Hall–Kier alpha value is -2.78. The van der Waals surface area contributed by atoms with Crippen molar-refractivity contribution in [3.05, 3.63) is 48.0 Å². The molecule has 0 aliphatic carbocycles. The standard InChI is InChI=1S/C22H30N4O4S/c1-17-5-10-21(30-3)20(15-17)26(31(4,28)29)16-22(27)23-18-6-8-19(9-7-18)25-13-11-24(2)12-14-25/h5-10,15H,11-14,16H2,1-4H3,(H,23,27). The predicted molar refractivity (Wildman–Crippen MR) is 125 cm³/mol. The molecule has 2 aromatic carbocycles. The van der Waals surface area contributed by atoms with Gasteiger partial charge in [-0.25, -0.2) is 8.42 Å². The number of rotatable bonds is 7. The van der Waals surface area contributed by atoms with Crippen molar-refractivity contribution in [3.8, 4) is 5.75 Å². The van der Waals surface area contributed by atoms with E-state index in [-0.39, 0.29) is 6.54 Å². The van der Waals surface area contributed by atoms with E-state index >= 15 is 0 Å². The summed E-state index contributed by atoms with van der Waals surface area (Å²) in [5.74, 6) is -0.0401. The van der Waals surface area contributed by atoms with Gasteiger partial charge in [0.25, 0.3) is 0 Å². The zero-order valence-electron chi connectivity index (χ0n) is 18.5. The van der Waals surface area contributed by atoms with E-state index in [2.05, 4.69) is 22.2 Å². The summed E-state index contributed by atoms with van der Waals surface area (Å²) >= 11 is 0. The molecule has 0 saturated carbocycles. The fraction of sp³-hybridized carbons (Fsp3) is 0.409. The van der Waals surface area contributed by atoms with Gasteiger partial charge in [0, 0.05) is 37.6 Å². The Morgan fingerprint density at radius 2 is 1.74 bits per heavy atom. The van der Waals surface area contributed by atoms with E-state index in [9.17, 15) is 13.2 Å². The molecule has 1 aliphatic heterocycles. The minimum Gasteiger partial charge on any atom is -0.495 e. The smallest absolute Gasteiger partial charge is 0.245 e. The zero-order chi connectivity index (χ0) is 22.6. The van der Waals surface area contributed by atoms with E-state index in [1.165, 1.54) is 7.11 Å². The highest BCUT2D eigenvalue weighted by atomic mass is 32.2. The quantitative estimate of drug-likeness (QED) is 0.702. The van der Waals surface area contributed by atoms with Crippen LogP contribution < -0.4 is 19.3 Å². The monoisotopic (exact) mass is 446 g/mol. The summed E-state index contributed by atoms with van der Waals surface area (Å²) in [5, 5.41) is 2.79. The van der Waals surface area contributed by atoms with Crippen LogP contribution in [0, 0.1) is 6.92 Å².